The Balaban J connectivity index is 1.37. The molecule has 2 aliphatic rings. The molecule has 134 valence electrons. The molecule has 0 atom stereocenters. The third-order valence-corrected chi connectivity index (χ3v) is 4.43. The summed E-state index contributed by atoms with van der Waals surface area (Å²) in [5.41, 5.74) is 2.60. The number of carbonyl (C=O) groups is 2. The molecular weight excluding hydrogens is 334 g/mol. The lowest BCUT2D eigenvalue weighted by Crippen LogP contribution is -2.37. The van der Waals surface area contributed by atoms with Gasteiger partial charge >= 0.3 is 6.03 Å². The highest BCUT2D eigenvalue weighted by Crippen LogP contribution is 2.34. The summed E-state index contributed by atoms with van der Waals surface area (Å²) in [6.07, 6.45) is 0. The van der Waals surface area contributed by atoms with E-state index in [1.807, 2.05) is 31.2 Å². The van der Waals surface area contributed by atoms with E-state index in [1.54, 1.807) is 28.0 Å². The molecule has 1 saturated heterocycles. The minimum absolute atomic E-state index is 0.00956. The summed E-state index contributed by atoms with van der Waals surface area (Å²) in [6, 6.07) is 12.8. The van der Waals surface area contributed by atoms with Crippen LogP contribution in [0.5, 0.6) is 11.5 Å². The molecule has 3 amide bonds. The summed E-state index contributed by atoms with van der Waals surface area (Å²) < 4.78 is 10.5. The number of amides is 3. The molecule has 7 heteroatoms. The molecule has 0 radical (unpaired) electrons. The van der Waals surface area contributed by atoms with Gasteiger partial charge in [0.15, 0.2) is 11.5 Å². The van der Waals surface area contributed by atoms with Crippen molar-refractivity contribution in [3.05, 3.63) is 48.0 Å². The average Bonchev–Trinajstić information content (AvgIpc) is 3.23. The Morgan fingerprint density at radius 3 is 2.65 bits per heavy atom. The van der Waals surface area contributed by atoms with Gasteiger partial charge in [0.2, 0.25) is 12.7 Å². The van der Waals surface area contributed by atoms with Crippen molar-refractivity contribution >= 4 is 23.3 Å². The van der Waals surface area contributed by atoms with E-state index in [4.69, 9.17) is 9.47 Å². The molecule has 1 fully saturated rings. The van der Waals surface area contributed by atoms with Gasteiger partial charge in [-0.1, -0.05) is 17.7 Å². The van der Waals surface area contributed by atoms with Crippen molar-refractivity contribution in [3.8, 4) is 11.5 Å². The maximum Gasteiger partial charge on any atom is 0.325 e. The smallest absolute Gasteiger partial charge is 0.325 e. The zero-order chi connectivity index (χ0) is 18.1. The third kappa shape index (κ3) is 3.15. The van der Waals surface area contributed by atoms with Crippen molar-refractivity contribution in [2.45, 2.75) is 6.92 Å². The van der Waals surface area contributed by atoms with E-state index in [9.17, 15) is 9.59 Å². The van der Waals surface area contributed by atoms with Gasteiger partial charge in [-0.2, -0.15) is 0 Å². The quantitative estimate of drug-likeness (QED) is 0.917. The number of nitrogens with one attached hydrogen (secondary N) is 1. The Bertz CT molecular complexity index is 850. The lowest BCUT2D eigenvalue weighted by Gasteiger charge is -2.18. The summed E-state index contributed by atoms with van der Waals surface area (Å²) in [5, 5.41) is 2.79. The zero-order valence-electron chi connectivity index (χ0n) is 14.4. The minimum Gasteiger partial charge on any atom is -0.454 e. The number of carbonyl (C=O) groups excluding carboxylic acids is 2. The second-order valence-electron chi connectivity index (χ2n) is 6.31. The van der Waals surface area contributed by atoms with Crippen LogP contribution in [0.3, 0.4) is 0 Å². The van der Waals surface area contributed by atoms with Crippen LogP contribution in [0.1, 0.15) is 5.56 Å². The van der Waals surface area contributed by atoms with Gasteiger partial charge < -0.3 is 19.7 Å². The van der Waals surface area contributed by atoms with E-state index in [0.717, 1.165) is 11.3 Å². The fourth-order valence-electron chi connectivity index (χ4n) is 3.04. The monoisotopic (exact) mass is 353 g/mol. The number of nitrogens with zero attached hydrogens (tertiary/aromatic N) is 2. The highest BCUT2D eigenvalue weighted by atomic mass is 16.7. The van der Waals surface area contributed by atoms with Crippen molar-refractivity contribution in [3.63, 3.8) is 0 Å². The van der Waals surface area contributed by atoms with E-state index in [2.05, 4.69) is 5.32 Å². The maximum atomic E-state index is 12.6. The largest absolute Gasteiger partial charge is 0.454 e. The summed E-state index contributed by atoms with van der Waals surface area (Å²) in [7, 11) is 0. The van der Waals surface area contributed by atoms with Gasteiger partial charge in [-0.3, -0.25) is 9.69 Å². The van der Waals surface area contributed by atoms with Gasteiger partial charge in [-0.05, 0) is 31.2 Å². The van der Waals surface area contributed by atoms with Crippen LogP contribution < -0.4 is 19.7 Å². The molecular formula is C19H19N3O4. The van der Waals surface area contributed by atoms with Crippen LogP contribution in [-0.2, 0) is 4.79 Å². The van der Waals surface area contributed by atoms with E-state index < -0.39 is 0 Å². The van der Waals surface area contributed by atoms with Gasteiger partial charge in [-0.25, -0.2) is 4.79 Å². The number of rotatable bonds is 4. The first-order chi connectivity index (χ1) is 12.6. The van der Waals surface area contributed by atoms with Crippen LogP contribution in [0, 0.1) is 6.92 Å². The number of ether oxygens (including phenoxy) is 2. The van der Waals surface area contributed by atoms with Crippen LogP contribution in [-0.4, -0.2) is 43.3 Å². The standard InChI is InChI=1S/C19H19N3O4/c1-13-2-5-15(6-3-13)22-9-8-21(19(22)24)11-18(23)20-14-4-7-16-17(10-14)26-12-25-16/h2-7,10H,8-9,11-12H2,1H3,(H,20,23). The molecule has 2 aromatic carbocycles. The molecule has 7 nitrogen and oxygen atoms in total. The molecule has 26 heavy (non-hydrogen) atoms. The van der Waals surface area contributed by atoms with Gasteiger partial charge in [0.05, 0.1) is 0 Å². The second kappa shape index (κ2) is 6.59. The molecule has 0 saturated carbocycles. The number of hydrogen-bond acceptors (Lipinski definition) is 4. The van der Waals surface area contributed by atoms with E-state index >= 15 is 0 Å². The van der Waals surface area contributed by atoms with Crippen LogP contribution in [0.15, 0.2) is 42.5 Å². The predicted molar refractivity (Wildman–Crippen MR) is 96.7 cm³/mol. The topological polar surface area (TPSA) is 71.1 Å². The molecule has 0 spiro atoms. The Kier molecular flexibility index (Phi) is 4.12. The summed E-state index contributed by atoms with van der Waals surface area (Å²) in [5.74, 6) is 1.01. The minimum atomic E-state index is -0.247. The normalized spacial score (nSPS) is 15.5. The van der Waals surface area contributed by atoms with Crippen LogP contribution in [0.2, 0.25) is 0 Å². The van der Waals surface area contributed by atoms with Crippen LogP contribution in [0.4, 0.5) is 16.2 Å². The molecule has 2 aliphatic heterocycles. The number of fused-ring (bicyclic) bond motifs is 1. The lowest BCUT2D eigenvalue weighted by molar-refractivity contribution is -0.116. The Labute approximate surface area is 151 Å². The fourth-order valence-corrected chi connectivity index (χ4v) is 3.04. The predicted octanol–water partition coefficient (Wildman–Crippen LogP) is 2.60. The van der Waals surface area contributed by atoms with Gasteiger partial charge in [-0.15, -0.1) is 0 Å². The SMILES string of the molecule is Cc1ccc(N2CCN(CC(=O)Nc3ccc4c(c3)OCO4)C2=O)cc1. The number of hydrogen-bond donors (Lipinski definition) is 1. The first-order valence-electron chi connectivity index (χ1n) is 8.43. The molecule has 4 rings (SSSR count). The van der Waals surface area contributed by atoms with Crippen molar-refractivity contribution in [2.24, 2.45) is 0 Å². The van der Waals surface area contributed by atoms with Gasteiger partial charge in [0.1, 0.15) is 6.54 Å². The molecule has 0 bridgehead atoms. The summed E-state index contributed by atoms with van der Waals surface area (Å²) in [4.78, 5) is 28.1. The molecule has 0 aliphatic carbocycles. The second-order valence-corrected chi connectivity index (χ2v) is 6.31. The highest BCUT2D eigenvalue weighted by molar-refractivity contribution is 5.99. The Morgan fingerprint density at radius 1 is 1.08 bits per heavy atom. The molecule has 0 aromatic heterocycles. The number of benzene rings is 2. The van der Waals surface area contributed by atoms with Crippen molar-refractivity contribution < 1.29 is 19.1 Å². The Hall–Kier alpha value is -3.22. The summed E-state index contributed by atoms with van der Waals surface area (Å²) >= 11 is 0. The first kappa shape index (κ1) is 16.3. The fraction of sp³-hybridized carbons (Fsp3) is 0.263. The Morgan fingerprint density at radius 2 is 1.85 bits per heavy atom. The third-order valence-electron chi connectivity index (χ3n) is 4.43. The molecule has 1 N–H and O–H groups in total. The number of aryl methyl sites for hydroxylation is 1. The van der Waals surface area contributed by atoms with Crippen LogP contribution in [0.25, 0.3) is 0 Å². The van der Waals surface area contributed by atoms with Crippen LogP contribution >= 0.6 is 0 Å². The lowest BCUT2D eigenvalue weighted by atomic mass is 10.2. The van der Waals surface area contributed by atoms with Crippen molar-refractivity contribution in [1.29, 1.82) is 0 Å². The van der Waals surface area contributed by atoms with Crippen molar-refractivity contribution in [2.75, 3.05) is 36.6 Å². The number of urea groups is 1. The highest BCUT2D eigenvalue weighted by Gasteiger charge is 2.30. The molecule has 0 unspecified atom stereocenters. The average molecular weight is 353 g/mol. The zero-order valence-corrected chi connectivity index (χ0v) is 14.4. The van der Waals surface area contributed by atoms with Gasteiger partial charge in [0.25, 0.3) is 0 Å². The molecule has 2 aromatic rings. The van der Waals surface area contributed by atoms with Gasteiger partial charge in [0, 0.05) is 30.5 Å². The van der Waals surface area contributed by atoms with E-state index in [-0.39, 0.29) is 25.3 Å². The van der Waals surface area contributed by atoms with E-state index in [0.29, 0.717) is 30.3 Å². The number of anilines is 2. The first-order valence-corrected chi connectivity index (χ1v) is 8.43. The maximum absolute atomic E-state index is 12.6. The summed E-state index contributed by atoms with van der Waals surface area (Å²) in [6.45, 7) is 3.28. The molecule has 2 heterocycles. The van der Waals surface area contributed by atoms with Crippen molar-refractivity contribution in [1.82, 2.24) is 4.90 Å². The van der Waals surface area contributed by atoms with E-state index in [1.165, 1.54) is 0 Å².